The molecule has 24 heavy (non-hydrogen) atoms. The Balaban J connectivity index is 2.12. The van der Waals surface area contributed by atoms with Gasteiger partial charge in [0.2, 0.25) is 0 Å². The molecule has 3 aromatic rings. The highest BCUT2D eigenvalue weighted by atomic mass is 16.3. The number of rotatable bonds is 2. The largest absolute Gasteiger partial charge is 0.508 e. The minimum Gasteiger partial charge on any atom is -0.508 e. The van der Waals surface area contributed by atoms with E-state index in [1.165, 1.54) is 54.4 Å². The highest BCUT2D eigenvalue weighted by Crippen LogP contribution is 2.29. The second-order valence-electron chi connectivity index (χ2n) is 5.29. The first-order valence-electron chi connectivity index (χ1n) is 7.03. The molecule has 0 unspecified atom stereocenters. The van der Waals surface area contributed by atoms with E-state index in [0.717, 1.165) is 0 Å². The van der Waals surface area contributed by atoms with Gasteiger partial charge in [-0.05, 0) is 42.5 Å². The van der Waals surface area contributed by atoms with Crippen LogP contribution in [0.25, 0.3) is 10.9 Å². The van der Waals surface area contributed by atoms with Crippen LogP contribution in [0.3, 0.4) is 0 Å². The maximum Gasteiger partial charge on any atom is 0.267 e. The highest BCUT2D eigenvalue weighted by Gasteiger charge is 2.23. The first-order valence-corrected chi connectivity index (χ1v) is 7.03. The van der Waals surface area contributed by atoms with E-state index in [0.29, 0.717) is 11.2 Å². The quantitative estimate of drug-likeness (QED) is 0.574. The molecule has 0 aliphatic carbocycles. The van der Waals surface area contributed by atoms with Crippen LogP contribution >= 0.6 is 0 Å². The molecule has 0 spiro atoms. The molecule has 0 fully saturated rings. The van der Waals surface area contributed by atoms with Crippen LogP contribution in [-0.2, 0) is 0 Å². The molecule has 4 N–H and O–H groups in total. The fourth-order valence-corrected chi connectivity index (χ4v) is 2.42. The van der Waals surface area contributed by atoms with Gasteiger partial charge in [0, 0.05) is 18.1 Å². The topological polar surface area (TPSA) is 114 Å². The molecular weight excluding hydrogens is 312 g/mol. The Labute approximate surface area is 136 Å². The zero-order chi connectivity index (χ0) is 17.4. The van der Waals surface area contributed by atoms with Crippen molar-refractivity contribution in [2.45, 2.75) is 0 Å². The Morgan fingerprint density at radius 1 is 1.00 bits per heavy atom. The summed E-state index contributed by atoms with van der Waals surface area (Å²) in [4.78, 5) is 28.5. The van der Waals surface area contributed by atoms with Crippen LogP contribution in [0.15, 0.2) is 47.3 Å². The van der Waals surface area contributed by atoms with E-state index >= 15 is 0 Å². The summed E-state index contributed by atoms with van der Waals surface area (Å²) in [5.41, 5.74) is -0.420. The third-order valence-electron chi connectivity index (χ3n) is 3.73. The first kappa shape index (κ1) is 15.4. The van der Waals surface area contributed by atoms with E-state index < -0.39 is 22.8 Å². The number of phenols is 2. The van der Waals surface area contributed by atoms with E-state index in [2.05, 4.69) is 4.98 Å². The number of aromatic hydroxyl groups is 3. The van der Waals surface area contributed by atoms with Gasteiger partial charge < -0.3 is 25.2 Å². The third-order valence-corrected chi connectivity index (χ3v) is 3.73. The van der Waals surface area contributed by atoms with Crippen LogP contribution in [0.4, 0.5) is 5.69 Å². The van der Waals surface area contributed by atoms with Gasteiger partial charge in [0.15, 0.2) is 0 Å². The van der Waals surface area contributed by atoms with Gasteiger partial charge in [-0.25, -0.2) is 0 Å². The van der Waals surface area contributed by atoms with Crippen LogP contribution in [0.1, 0.15) is 10.4 Å². The summed E-state index contributed by atoms with van der Waals surface area (Å²) in [5.74, 6) is -1.28. The van der Waals surface area contributed by atoms with Gasteiger partial charge in [-0.2, -0.15) is 0 Å². The second kappa shape index (κ2) is 5.62. The molecule has 0 saturated heterocycles. The zero-order valence-electron chi connectivity index (χ0n) is 12.6. The molecule has 3 rings (SSSR count). The van der Waals surface area contributed by atoms with Gasteiger partial charge in [-0.1, -0.05) is 0 Å². The summed E-state index contributed by atoms with van der Waals surface area (Å²) in [6, 6.07) is 9.88. The lowest BCUT2D eigenvalue weighted by Gasteiger charge is -2.18. The Morgan fingerprint density at radius 2 is 1.62 bits per heavy atom. The number of pyridine rings is 1. The summed E-state index contributed by atoms with van der Waals surface area (Å²) in [5, 5.41) is 29.4. The summed E-state index contributed by atoms with van der Waals surface area (Å²) < 4.78 is 0. The van der Waals surface area contributed by atoms with Gasteiger partial charge in [0.25, 0.3) is 11.5 Å². The Bertz CT molecular complexity index is 992. The van der Waals surface area contributed by atoms with Gasteiger partial charge >= 0.3 is 0 Å². The number of amides is 1. The number of aromatic amines is 1. The average molecular weight is 326 g/mol. The molecule has 122 valence electrons. The molecule has 0 radical (unpaired) electrons. The van der Waals surface area contributed by atoms with Gasteiger partial charge in [-0.15, -0.1) is 0 Å². The van der Waals surface area contributed by atoms with Crippen molar-refractivity contribution < 1.29 is 20.1 Å². The molecule has 1 heterocycles. The number of H-pyrrole nitrogens is 1. The molecule has 7 nitrogen and oxygen atoms in total. The van der Waals surface area contributed by atoms with Crippen molar-refractivity contribution in [3.63, 3.8) is 0 Å². The number of carbonyl (C=O) groups excluding carboxylic acids is 1. The smallest absolute Gasteiger partial charge is 0.267 e. The van der Waals surface area contributed by atoms with Crippen molar-refractivity contribution in [3.05, 3.63) is 58.4 Å². The summed E-state index contributed by atoms with van der Waals surface area (Å²) in [7, 11) is 1.44. The molecule has 0 bridgehead atoms. The highest BCUT2D eigenvalue weighted by molar-refractivity contribution is 6.10. The minimum absolute atomic E-state index is 0.0430. The van der Waals surface area contributed by atoms with Gasteiger partial charge in [0.05, 0.1) is 5.52 Å². The predicted molar refractivity (Wildman–Crippen MR) is 88.7 cm³/mol. The summed E-state index contributed by atoms with van der Waals surface area (Å²) >= 11 is 0. The lowest BCUT2D eigenvalue weighted by Crippen LogP contribution is -2.31. The van der Waals surface area contributed by atoms with E-state index in [9.17, 15) is 24.9 Å². The van der Waals surface area contributed by atoms with Crippen LogP contribution in [-0.4, -0.2) is 33.3 Å². The van der Waals surface area contributed by atoms with Crippen molar-refractivity contribution in [2.75, 3.05) is 11.9 Å². The van der Waals surface area contributed by atoms with E-state index in [1.54, 1.807) is 0 Å². The maximum atomic E-state index is 12.6. The molecule has 1 aromatic heterocycles. The average Bonchev–Trinajstić information content (AvgIpc) is 2.55. The lowest BCUT2D eigenvalue weighted by molar-refractivity contribution is 0.0989. The van der Waals surface area contributed by atoms with Crippen molar-refractivity contribution in [3.8, 4) is 17.2 Å². The monoisotopic (exact) mass is 326 g/mol. The molecule has 0 saturated carbocycles. The number of aromatic nitrogens is 1. The molecule has 0 aliphatic rings. The van der Waals surface area contributed by atoms with Crippen LogP contribution < -0.4 is 10.5 Å². The number of nitrogens with one attached hydrogen (secondary N) is 1. The number of benzene rings is 2. The Hall–Kier alpha value is -3.48. The summed E-state index contributed by atoms with van der Waals surface area (Å²) in [6.07, 6.45) is 0. The number of hydrogen-bond donors (Lipinski definition) is 4. The number of carbonyl (C=O) groups is 1. The van der Waals surface area contributed by atoms with Crippen molar-refractivity contribution in [1.82, 2.24) is 4.98 Å². The Kier molecular flexibility index (Phi) is 3.61. The number of nitrogens with zero attached hydrogens (tertiary/aromatic N) is 1. The fraction of sp³-hybridized carbons (Fsp3) is 0.0588. The number of anilines is 1. The third kappa shape index (κ3) is 2.52. The number of hydrogen-bond acceptors (Lipinski definition) is 5. The molecule has 0 atom stereocenters. The molecular formula is C17H14N2O5. The van der Waals surface area contributed by atoms with Crippen LogP contribution in [0.2, 0.25) is 0 Å². The zero-order valence-corrected chi connectivity index (χ0v) is 12.6. The maximum absolute atomic E-state index is 12.6. The van der Waals surface area contributed by atoms with Crippen LogP contribution in [0.5, 0.6) is 17.2 Å². The van der Waals surface area contributed by atoms with Crippen molar-refractivity contribution >= 4 is 22.5 Å². The lowest BCUT2D eigenvalue weighted by atomic mass is 10.1. The molecule has 1 amide bonds. The van der Waals surface area contributed by atoms with Crippen LogP contribution in [0, 0.1) is 0 Å². The van der Waals surface area contributed by atoms with Crippen molar-refractivity contribution in [2.24, 2.45) is 0 Å². The minimum atomic E-state index is -0.735. The Morgan fingerprint density at radius 3 is 2.29 bits per heavy atom. The van der Waals surface area contributed by atoms with Crippen molar-refractivity contribution in [1.29, 1.82) is 0 Å². The standard InChI is InChI=1S/C17H14N2O5/c1-19(9-2-4-10(20)5-3-9)17(24)14-15(22)12-8-11(21)6-7-13(12)18-16(14)23/h2-8,20-21H,1H3,(H2,18,22,23). The fourth-order valence-electron chi connectivity index (χ4n) is 2.42. The van der Waals surface area contributed by atoms with Gasteiger partial charge in [-0.3, -0.25) is 9.59 Å². The first-order chi connectivity index (χ1) is 11.4. The van der Waals surface area contributed by atoms with E-state index in [1.807, 2.05) is 0 Å². The van der Waals surface area contributed by atoms with E-state index in [4.69, 9.17) is 0 Å². The SMILES string of the molecule is CN(C(=O)c1c(O)c2cc(O)ccc2[nH]c1=O)c1ccc(O)cc1. The summed E-state index contributed by atoms with van der Waals surface area (Å²) in [6.45, 7) is 0. The van der Waals surface area contributed by atoms with E-state index in [-0.39, 0.29) is 16.9 Å². The number of phenolic OH excluding ortho intramolecular Hbond substituents is 2. The molecule has 2 aromatic carbocycles. The van der Waals surface area contributed by atoms with Gasteiger partial charge in [0.1, 0.15) is 22.8 Å². The predicted octanol–water partition coefficient (Wildman–Crippen LogP) is 1.92. The normalized spacial score (nSPS) is 10.7. The molecule has 7 heteroatoms. The second-order valence-corrected chi connectivity index (χ2v) is 5.29. The molecule has 0 aliphatic heterocycles. The number of fused-ring (bicyclic) bond motifs is 1.